The first-order chi connectivity index (χ1) is 11.9. The Morgan fingerprint density at radius 1 is 1.36 bits per heavy atom. The van der Waals surface area contributed by atoms with Gasteiger partial charge in [0.05, 0.1) is 10.4 Å². The SMILES string of the molecule is Cc1ccc(-c2n[nH]c(=S)n2CC(=O)NC(C)c2ccc(Cl)s2)cc1. The van der Waals surface area contributed by atoms with Crippen molar-refractivity contribution in [2.75, 3.05) is 0 Å². The van der Waals surface area contributed by atoms with Gasteiger partial charge in [-0.25, -0.2) is 0 Å². The number of aryl methyl sites for hydroxylation is 1. The second-order valence-electron chi connectivity index (χ2n) is 5.74. The van der Waals surface area contributed by atoms with Gasteiger partial charge in [-0.2, -0.15) is 5.10 Å². The maximum absolute atomic E-state index is 12.4. The van der Waals surface area contributed by atoms with Crippen LogP contribution in [-0.2, 0) is 11.3 Å². The first kappa shape index (κ1) is 17.8. The minimum Gasteiger partial charge on any atom is -0.347 e. The number of halogens is 1. The fourth-order valence-corrected chi connectivity index (χ4v) is 3.71. The standard InChI is InChI=1S/C17H17ClN4OS2/c1-10-3-5-12(6-4-10)16-20-21-17(24)22(16)9-15(23)19-11(2)13-7-8-14(18)25-13/h3-8,11H,9H2,1-2H3,(H,19,23)(H,21,24). The second kappa shape index (κ2) is 7.51. The largest absolute Gasteiger partial charge is 0.347 e. The molecule has 2 N–H and O–H groups in total. The van der Waals surface area contributed by atoms with Crippen LogP contribution in [0.4, 0.5) is 0 Å². The molecule has 2 heterocycles. The monoisotopic (exact) mass is 392 g/mol. The van der Waals surface area contributed by atoms with Gasteiger partial charge in [0.25, 0.3) is 0 Å². The molecule has 1 aromatic carbocycles. The summed E-state index contributed by atoms with van der Waals surface area (Å²) in [4.78, 5) is 13.4. The number of hydrogen-bond acceptors (Lipinski definition) is 4. The molecule has 130 valence electrons. The van der Waals surface area contributed by atoms with Crippen LogP contribution in [0.2, 0.25) is 4.34 Å². The number of rotatable bonds is 5. The van der Waals surface area contributed by atoms with Crippen molar-refractivity contribution in [3.05, 3.63) is 55.9 Å². The first-order valence-electron chi connectivity index (χ1n) is 7.71. The number of aromatic amines is 1. The Bertz CT molecular complexity index is 942. The first-order valence-corrected chi connectivity index (χ1v) is 9.31. The lowest BCUT2D eigenvalue weighted by atomic mass is 10.1. The van der Waals surface area contributed by atoms with Crippen molar-refractivity contribution in [3.8, 4) is 11.4 Å². The number of carbonyl (C=O) groups excluding carboxylic acids is 1. The average molecular weight is 393 g/mol. The Labute approximate surface area is 159 Å². The quantitative estimate of drug-likeness (QED) is 0.628. The van der Waals surface area contributed by atoms with E-state index in [1.54, 1.807) is 4.57 Å². The summed E-state index contributed by atoms with van der Waals surface area (Å²) in [5, 5.41) is 9.99. The zero-order valence-corrected chi connectivity index (χ0v) is 16.1. The molecule has 0 aliphatic carbocycles. The highest BCUT2D eigenvalue weighted by Gasteiger charge is 2.15. The lowest BCUT2D eigenvalue weighted by Gasteiger charge is -2.13. The van der Waals surface area contributed by atoms with E-state index in [1.807, 2.05) is 50.2 Å². The minimum absolute atomic E-state index is 0.0992. The number of hydrogen-bond donors (Lipinski definition) is 2. The molecular weight excluding hydrogens is 376 g/mol. The molecule has 1 atom stereocenters. The van der Waals surface area contributed by atoms with E-state index in [2.05, 4.69) is 15.5 Å². The molecule has 1 unspecified atom stereocenters. The van der Waals surface area contributed by atoms with E-state index in [0.29, 0.717) is 14.9 Å². The smallest absolute Gasteiger partial charge is 0.240 e. The molecule has 0 spiro atoms. The summed E-state index contributed by atoms with van der Waals surface area (Å²) in [6, 6.07) is 11.6. The zero-order chi connectivity index (χ0) is 18.0. The van der Waals surface area contributed by atoms with Gasteiger partial charge in [0.1, 0.15) is 6.54 Å². The van der Waals surface area contributed by atoms with Crippen LogP contribution in [0.15, 0.2) is 36.4 Å². The number of amides is 1. The second-order valence-corrected chi connectivity index (χ2v) is 7.87. The minimum atomic E-state index is -0.136. The number of H-pyrrole nitrogens is 1. The predicted octanol–water partition coefficient (Wildman–Crippen LogP) is 4.51. The van der Waals surface area contributed by atoms with Gasteiger partial charge in [0.2, 0.25) is 5.91 Å². The normalized spacial score (nSPS) is 12.1. The Hall–Kier alpha value is -1.96. The van der Waals surface area contributed by atoms with Gasteiger partial charge < -0.3 is 5.32 Å². The van der Waals surface area contributed by atoms with E-state index >= 15 is 0 Å². The number of thiophene rings is 1. The van der Waals surface area contributed by atoms with Crippen molar-refractivity contribution in [2.24, 2.45) is 0 Å². The van der Waals surface area contributed by atoms with Crippen LogP contribution in [0.25, 0.3) is 11.4 Å². The maximum atomic E-state index is 12.4. The van der Waals surface area contributed by atoms with Gasteiger partial charge in [0, 0.05) is 10.4 Å². The average Bonchev–Trinajstić information content (AvgIpc) is 3.15. The van der Waals surface area contributed by atoms with Crippen molar-refractivity contribution < 1.29 is 4.79 Å². The number of nitrogens with one attached hydrogen (secondary N) is 2. The molecule has 0 aliphatic heterocycles. The van der Waals surface area contributed by atoms with E-state index in [4.69, 9.17) is 23.8 Å². The van der Waals surface area contributed by atoms with E-state index in [0.717, 1.165) is 16.0 Å². The summed E-state index contributed by atoms with van der Waals surface area (Å²) in [6.07, 6.45) is 0. The number of nitrogens with zero attached hydrogens (tertiary/aromatic N) is 2. The van der Waals surface area contributed by atoms with E-state index in [9.17, 15) is 4.79 Å². The Balaban J connectivity index is 1.76. The zero-order valence-electron chi connectivity index (χ0n) is 13.7. The van der Waals surface area contributed by atoms with Crippen LogP contribution < -0.4 is 5.32 Å². The Morgan fingerprint density at radius 2 is 2.08 bits per heavy atom. The van der Waals surface area contributed by atoms with Gasteiger partial charge in [0.15, 0.2) is 10.6 Å². The van der Waals surface area contributed by atoms with Crippen molar-refractivity contribution in [1.29, 1.82) is 0 Å². The van der Waals surface area contributed by atoms with Crippen molar-refractivity contribution >= 4 is 41.1 Å². The van der Waals surface area contributed by atoms with Crippen LogP contribution in [-0.4, -0.2) is 20.7 Å². The van der Waals surface area contributed by atoms with Crippen molar-refractivity contribution in [1.82, 2.24) is 20.1 Å². The molecule has 0 radical (unpaired) electrons. The molecule has 0 saturated carbocycles. The van der Waals surface area contributed by atoms with Crippen molar-refractivity contribution in [2.45, 2.75) is 26.4 Å². The van der Waals surface area contributed by atoms with Gasteiger partial charge in [-0.1, -0.05) is 41.4 Å². The van der Waals surface area contributed by atoms with Crippen LogP contribution >= 0.6 is 35.2 Å². The summed E-state index contributed by atoms with van der Waals surface area (Å²) < 4.78 is 2.82. The molecule has 3 aromatic rings. The topological polar surface area (TPSA) is 62.7 Å². The lowest BCUT2D eigenvalue weighted by Crippen LogP contribution is -2.30. The molecule has 2 aromatic heterocycles. The summed E-state index contributed by atoms with van der Waals surface area (Å²) in [6.45, 7) is 4.05. The van der Waals surface area contributed by atoms with Crippen molar-refractivity contribution in [3.63, 3.8) is 0 Å². The van der Waals surface area contributed by atoms with Crippen LogP contribution in [0.1, 0.15) is 23.4 Å². The number of carbonyl (C=O) groups is 1. The molecule has 0 saturated heterocycles. The highest BCUT2D eigenvalue weighted by atomic mass is 35.5. The molecule has 5 nitrogen and oxygen atoms in total. The molecule has 0 aliphatic rings. The molecule has 0 bridgehead atoms. The number of benzene rings is 1. The lowest BCUT2D eigenvalue weighted by molar-refractivity contribution is -0.122. The molecule has 8 heteroatoms. The Morgan fingerprint density at radius 3 is 2.72 bits per heavy atom. The summed E-state index contributed by atoms with van der Waals surface area (Å²) in [5.41, 5.74) is 2.06. The molecule has 1 amide bonds. The van der Waals surface area contributed by atoms with Gasteiger partial charge in [-0.05, 0) is 38.2 Å². The number of aromatic nitrogens is 3. The van der Waals surface area contributed by atoms with Crippen LogP contribution in [0.3, 0.4) is 0 Å². The summed E-state index contributed by atoms with van der Waals surface area (Å²) in [7, 11) is 0. The van der Waals surface area contributed by atoms with E-state index < -0.39 is 0 Å². The third-order valence-corrected chi connectivity index (χ3v) is 5.49. The van der Waals surface area contributed by atoms with Gasteiger partial charge >= 0.3 is 0 Å². The summed E-state index contributed by atoms with van der Waals surface area (Å²) >= 11 is 12.7. The predicted molar refractivity (Wildman–Crippen MR) is 103 cm³/mol. The molecular formula is C17H17ClN4OS2. The van der Waals surface area contributed by atoms with Crippen LogP contribution in [0, 0.1) is 11.7 Å². The highest BCUT2D eigenvalue weighted by molar-refractivity contribution is 7.71. The van der Waals surface area contributed by atoms with E-state index in [1.165, 1.54) is 11.3 Å². The van der Waals surface area contributed by atoms with Crippen LogP contribution in [0.5, 0.6) is 0 Å². The van der Waals surface area contributed by atoms with E-state index in [-0.39, 0.29) is 18.5 Å². The molecule has 3 rings (SSSR count). The highest BCUT2D eigenvalue weighted by Crippen LogP contribution is 2.26. The third kappa shape index (κ3) is 4.18. The maximum Gasteiger partial charge on any atom is 0.240 e. The molecule has 0 fully saturated rings. The van der Waals surface area contributed by atoms with Gasteiger partial charge in [-0.15, -0.1) is 11.3 Å². The fourth-order valence-electron chi connectivity index (χ4n) is 2.45. The summed E-state index contributed by atoms with van der Waals surface area (Å²) in [5.74, 6) is 0.509. The van der Waals surface area contributed by atoms with Gasteiger partial charge in [-0.3, -0.25) is 14.5 Å². The fraction of sp³-hybridized carbons (Fsp3) is 0.235. The molecule has 25 heavy (non-hydrogen) atoms. The third-order valence-electron chi connectivity index (χ3n) is 3.77. The Kier molecular flexibility index (Phi) is 5.36.